The van der Waals surface area contributed by atoms with E-state index in [0.29, 0.717) is 19.3 Å². The van der Waals surface area contributed by atoms with Gasteiger partial charge in [-0.1, -0.05) is 209 Å². The van der Waals surface area contributed by atoms with Crippen molar-refractivity contribution >= 4 is 17.9 Å². The Hall–Kier alpha value is -3.41. The summed E-state index contributed by atoms with van der Waals surface area (Å²) in [6.07, 6.45) is 64.3. The molecule has 354 valence electrons. The average molecular weight is 863 g/mol. The highest BCUT2D eigenvalue weighted by molar-refractivity contribution is 5.71. The first-order valence-corrected chi connectivity index (χ1v) is 25.6. The zero-order valence-electron chi connectivity index (χ0n) is 40.4. The van der Waals surface area contributed by atoms with Crippen LogP contribution >= 0.6 is 0 Å². The molecule has 0 bridgehead atoms. The van der Waals surface area contributed by atoms with Crippen molar-refractivity contribution in [3.63, 3.8) is 0 Å². The molecule has 0 saturated heterocycles. The molecule has 0 aliphatic rings. The predicted octanol–water partition coefficient (Wildman–Crippen LogP) is 16.8. The number of hydrogen-bond donors (Lipinski definition) is 0. The second kappa shape index (κ2) is 50.2. The van der Waals surface area contributed by atoms with Gasteiger partial charge in [-0.15, -0.1) is 0 Å². The van der Waals surface area contributed by atoms with Gasteiger partial charge in [0.1, 0.15) is 13.2 Å². The maximum Gasteiger partial charge on any atom is 0.306 e. The van der Waals surface area contributed by atoms with E-state index in [1.54, 1.807) is 0 Å². The molecular formula is C56H94O6. The Morgan fingerprint density at radius 2 is 0.629 bits per heavy atom. The second-order valence-electron chi connectivity index (χ2n) is 16.7. The third-order valence-electron chi connectivity index (χ3n) is 10.6. The van der Waals surface area contributed by atoms with E-state index in [1.165, 1.54) is 77.0 Å². The van der Waals surface area contributed by atoms with Gasteiger partial charge in [0.2, 0.25) is 0 Å². The molecule has 1 atom stereocenters. The summed E-state index contributed by atoms with van der Waals surface area (Å²) in [5, 5.41) is 0. The zero-order valence-corrected chi connectivity index (χ0v) is 40.4. The summed E-state index contributed by atoms with van der Waals surface area (Å²) in [6.45, 7) is 6.36. The lowest BCUT2D eigenvalue weighted by Crippen LogP contribution is -2.30. The van der Waals surface area contributed by atoms with E-state index < -0.39 is 6.10 Å². The van der Waals surface area contributed by atoms with Crippen molar-refractivity contribution in [3.05, 3.63) is 85.1 Å². The molecule has 0 aliphatic heterocycles. The van der Waals surface area contributed by atoms with Gasteiger partial charge in [0, 0.05) is 19.3 Å². The molecule has 0 aromatic carbocycles. The molecule has 6 heteroatoms. The van der Waals surface area contributed by atoms with Crippen molar-refractivity contribution in [3.8, 4) is 0 Å². The molecule has 0 rings (SSSR count). The number of ether oxygens (including phenoxy) is 3. The van der Waals surface area contributed by atoms with Crippen LogP contribution in [0, 0.1) is 0 Å². The highest BCUT2D eigenvalue weighted by Crippen LogP contribution is 2.14. The lowest BCUT2D eigenvalue weighted by Gasteiger charge is -2.18. The van der Waals surface area contributed by atoms with Gasteiger partial charge in [0.15, 0.2) is 6.10 Å². The van der Waals surface area contributed by atoms with Gasteiger partial charge in [0.25, 0.3) is 0 Å². The number of unbranched alkanes of at least 4 members (excludes halogenated alkanes) is 20. The zero-order chi connectivity index (χ0) is 45.1. The summed E-state index contributed by atoms with van der Waals surface area (Å²) in [5.74, 6) is -0.915. The normalized spacial score (nSPS) is 12.8. The van der Waals surface area contributed by atoms with Gasteiger partial charge < -0.3 is 14.2 Å². The average Bonchev–Trinajstić information content (AvgIpc) is 3.27. The minimum absolute atomic E-state index is 0.0850. The summed E-state index contributed by atoms with van der Waals surface area (Å²) < 4.78 is 16.7. The number of esters is 3. The summed E-state index contributed by atoms with van der Waals surface area (Å²) in [6, 6.07) is 0. The molecule has 0 saturated carbocycles. The first kappa shape index (κ1) is 58.6. The van der Waals surface area contributed by atoms with Gasteiger partial charge in [-0.05, 0) is 89.9 Å². The van der Waals surface area contributed by atoms with Crippen LogP contribution in [0.1, 0.15) is 233 Å². The van der Waals surface area contributed by atoms with E-state index in [2.05, 4.69) is 106 Å². The molecule has 0 spiro atoms. The largest absolute Gasteiger partial charge is 0.462 e. The molecule has 0 heterocycles. The van der Waals surface area contributed by atoms with Crippen LogP contribution in [-0.2, 0) is 28.6 Å². The molecule has 0 fully saturated rings. The van der Waals surface area contributed by atoms with Crippen LogP contribution in [0.5, 0.6) is 0 Å². The van der Waals surface area contributed by atoms with Gasteiger partial charge in [-0.25, -0.2) is 0 Å². The molecule has 0 radical (unpaired) electrons. The summed E-state index contributed by atoms with van der Waals surface area (Å²) in [7, 11) is 0. The fraction of sp³-hybridized carbons (Fsp3) is 0.696. The third-order valence-corrected chi connectivity index (χ3v) is 10.6. The smallest absolute Gasteiger partial charge is 0.306 e. The number of carbonyl (C=O) groups excluding carboxylic acids is 3. The summed E-state index contributed by atoms with van der Waals surface area (Å²) in [4.78, 5) is 37.9. The molecule has 6 nitrogen and oxygen atoms in total. The Bertz CT molecular complexity index is 1220. The third kappa shape index (κ3) is 47.6. The monoisotopic (exact) mass is 863 g/mol. The van der Waals surface area contributed by atoms with Gasteiger partial charge in [0.05, 0.1) is 0 Å². The van der Waals surface area contributed by atoms with E-state index in [4.69, 9.17) is 14.2 Å². The molecule has 0 aliphatic carbocycles. The maximum absolute atomic E-state index is 12.8. The van der Waals surface area contributed by atoms with Crippen molar-refractivity contribution in [2.75, 3.05) is 13.2 Å². The number of rotatable bonds is 45. The summed E-state index contributed by atoms with van der Waals surface area (Å²) in [5.41, 5.74) is 0. The molecule has 0 N–H and O–H groups in total. The topological polar surface area (TPSA) is 78.9 Å². The fourth-order valence-corrected chi connectivity index (χ4v) is 6.86. The van der Waals surface area contributed by atoms with E-state index in [9.17, 15) is 14.4 Å². The van der Waals surface area contributed by atoms with Gasteiger partial charge >= 0.3 is 17.9 Å². The van der Waals surface area contributed by atoms with Crippen LogP contribution in [0.3, 0.4) is 0 Å². The SMILES string of the molecule is CC/C=C\C/C=C\C/C=C\C/C=C\CCCCCCCCC(=O)OCC(COC(=O)CCCCCCCCCC)OC(=O)CCCCCCCCC/C=C\C/C=C\C/C=C\CC. The second-order valence-corrected chi connectivity index (χ2v) is 16.7. The molecule has 62 heavy (non-hydrogen) atoms. The van der Waals surface area contributed by atoms with Crippen LogP contribution in [0.4, 0.5) is 0 Å². The number of hydrogen-bond acceptors (Lipinski definition) is 6. The summed E-state index contributed by atoms with van der Waals surface area (Å²) >= 11 is 0. The van der Waals surface area contributed by atoms with E-state index in [1.807, 2.05) is 0 Å². The molecule has 0 amide bonds. The highest BCUT2D eigenvalue weighted by Gasteiger charge is 2.19. The molecule has 0 aromatic rings. The lowest BCUT2D eigenvalue weighted by atomic mass is 10.1. The van der Waals surface area contributed by atoms with Crippen molar-refractivity contribution < 1.29 is 28.6 Å². The predicted molar refractivity (Wildman–Crippen MR) is 265 cm³/mol. The standard InChI is InChI=1S/C56H94O6/c1-4-7-10-13-16-19-21-23-25-27-28-30-31-33-35-37-40-43-46-49-55(58)61-52-53(51-60-54(57)48-45-42-39-18-15-12-9-6-3)62-56(59)50-47-44-41-38-36-34-32-29-26-24-22-20-17-14-11-8-5-2/h7-8,10-11,16-17,19-20,23-26,28,30,53H,4-6,9,12-15,18,21-22,27,29,31-52H2,1-3H3/b10-7-,11-8-,19-16-,20-17-,25-23-,26-24-,30-28-. The lowest BCUT2D eigenvalue weighted by molar-refractivity contribution is -0.167. The van der Waals surface area contributed by atoms with Crippen LogP contribution < -0.4 is 0 Å². The van der Waals surface area contributed by atoms with Gasteiger partial charge in [-0.3, -0.25) is 14.4 Å². The number of allylic oxidation sites excluding steroid dienone is 14. The molecular weight excluding hydrogens is 769 g/mol. The first-order chi connectivity index (χ1) is 30.5. The Balaban J connectivity index is 4.34. The fourth-order valence-electron chi connectivity index (χ4n) is 6.86. The van der Waals surface area contributed by atoms with Crippen molar-refractivity contribution in [1.29, 1.82) is 0 Å². The van der Waals surface area contributed by atoms with Crippen molar-refractivity contribution in [2.24, 2.45) is 0 Å². The van der Waals surface area contributed by atoms with Gasteiger partial charge in [-0.2, -0.15) is 0 Å². The van der Waals surface area contributed by atoms with E-state index in [-0.39, 0.29) is 31.1 Å². The molecule has 1 unspecified atom stereocenters. The van der Waals surface area contributed by atoms with Crippen LogP contribution in [0.15, 0.2) is 85.1 Å². The Morgan fingerprint density at radius 3 is 0.984 bits per heavy atom. The van der Waals surface area contributed by atoms with Crippen molar-refractivity contribution in [2.45, 2.75) is 239 Å². The minimum Gasteiger partial charge on any atom is -0.462 e. The Kier molecular flexibility index (Phi) is 47.5. The van der Waals surface area contributed by atoms with Crippen LogP contribution in [0.2, 0.25) is 0 Å². The first-order valence-electron chi connectivity index (χ1n) is 25.6. The van der Waals surface area contributed by atoms with E-state index >= 15 is 0 Å². The number of carbonyl (C=O) groups is 3. The quantitative estimate of drug-likeness (QED) is 0.0263. The molecule has 0 aromatic heterocycles. The minimum atomic E-state index is -0.785. The van der Waals surface area contributed by atoms with Crippen molar-refractivity contribution in [1.82, 2.24) is 0 Å². The van der Waals surface area contributed by atoms with Crippen LogP contribution in [0.25, 0.3) is 0 Å². The Labute approximate surface area is 382 Å². The van der Waals surface area contributed by atoms with Crippen LogP contribution in [-0.4, -0.2) is 37.2 Å². The Morgan fingerprint density at radius 1 is 0.339 bits per heavy atom. The highest BCUT2D eigenvalue weighted by atomic mass is 16.6. The van der Waals surface area contributed by atoms with E-state index in [0.717, 1.165) is 116 Å². The maximum atomic E-state index is 12.8.